The third kappa shape index (κ3) is 3.57. The Balaban J connectivity index is 1.83. The van der Waals surface area contributed by atoms with E-state index in [1.165, 1.54) is 35.6 Å². The number of rotatable bonds is 4. The molecule has 1 aliphatic heterocycles. The largest absolute Gasteiger partial charge is 0.274 e. The van der Waals surface area contributed by atoms with Crippen LogP contribution in [0.25, 0.3) is 0 Å². The molecule has 1 saturated heterocycles. The number of piperidine rings is 1. The summed E-state index contributed by atoms with van der Waals surface area (Å²) in [6, 6.07) is 5.68. The molecule has 0 spiro atoms. The number of aryl methyl sites for hydroxylation is 2. The lowest BCUT2D eigenvalue weighted by Gasteiger charge is -2.24. The lowest BCUT2D eigenvalue weighted by molar-refractivity contribution is -0.129. The summed E-state index contributed by atoms with van der Waals surface area (Å²) in [6.07, 6.45) is 1.18. The highest BCUT2D eigenvalue weighted by Crippen LogP contribution is 2.26. The van der Waals surface area contributed by atoms with Crippen molar-refractivity contribution in [2.45, 2.75) is 38.0 Å². The first kappa shape index (κ1) is 17.6. The standard InChI is InChI=1S/C16H17N3O4S2/c1-10-11(2)24-16(17-10)18-25(22,23)13-8-6-12(7-9-13)19-14(20)4-3-5-15(19)21/h6-9H,3-5H2,1-2H3,(H,17,18). The molecule has 1 aliphatic rings. The molecule has 0 saturated carbocycles. The Morgan fingerprint density at radius 2 is 1.68 bits per heavy atom. The molecule has 0 bridgehead atoms. The molecule has 1 aromatic heterocycles. The van der Waals surface area contributed by atoms with E-state index in [1.807, 2.05) is 13.8 Å². The van der Waals surface area contributed by atoms with Crippen molar-refractivity contribution in [1.29, 1.82) is 0 Å². The highest BCUT2D eigenvalue weighted by molar-refractivity contribution is 7.93. The highest BCUT2D eigenvalue weighted by atomic mass is 32.2. The number of imide groups is 1. The maximum absolute atomic E-state index is 12.4. The Morgan fingerprint density at radius 1 is 1.08 bits per heavy atom. The normalized spacial score (nSPS) is 15.5. The predicted octanol–water partition coefficient (Wildman–Crippen LogP) is 2.60. The van der Waals surface area contributed by atoms with Crippen molar-refractivity contribution >= 4 is 44.0 Å². The summed E-state index contributed by atoms with van der Waals surface area (Å²) in [5.41, 5.74) is 1.16. The average Bonchev–Trinajstić information content (AvgIpc) is 2.84. The van der Waals surface area contributed by atoms with E-state index in [0.717, 1.165) is 15.5 Å². The van der Waals surface area contributed by atoms with Gasteiger partial charge in [0.2, 0.25) is 11.8 Å². The van der Waals surface area contributed by atoms with Crippen LogP contribution in [0.5, 0.6) is 0 Å². The van der Waals surface area contributed by atoms with Crippen LogP contribution in [0.1, 0.15) is 29.8 Å². The van der Waals surface area contributed by atoms with E-state index >= 15 is 0 Å². The van der Waals surface area contributed by atoms with Crippen LogP contribution in [0.3, 0.4) is 0 Å². The Bertz CT molecular complexity index is 897. The van der Waals surface area contributed by atoms with E-state index in [2.05, 4.69) is 9.71 Å². The minimum atomic E-state index is -3.78. The van der Waals surface area contributed by atoms with Gasteiger partial charge in [-0.2, -0.15) is 0 Å². The first-order valence-corrected chi connectivity index (χ1v) is 10.0. The molecule has 0 radical (unpaired) electrons. The van der Waals surface area contributed by atoms with Crippen LogP contribution in [0.4, 0.5) is 10.8 Å². The number of carbonyl (C=O) groups excluding carboxylic acids is 2. The molecule has 0 unspecified atom stereocenters. The van der Waals surface area contributed by atoms with Crippen molar-refractivity contribution in [2.24, 2.45) is 0 Å². The molecule has 2 aromatic rings. The van der Waals surface area contributed by atoms with Crippen LogP contribution in [0.15, 0.2) is 29.2 Å². The zero-order valence-corrected chi connectivity index (χ0v) is 15.4. The molecule has 0 aliphatic carbocycles. The number of amides is 2. The minimum Gasteiger partial charge on any atom is -0.274 e. The highest BCUT2D eigenvalue weighted by Gasteiger charge is 2.27. The lowest BCUT2D eigenvalue weighted by Crippen LogP contribution is -2.40. The number of thiazole rings is 1. The number of anilines is 2. The van der Waals surface area contributed by atoms with Crippen molar-refractivity contribution in [3.8, 4) is 0 Å². The molecule has 2 amide bonds. The van der Waals surface area contributed by atoms with Crippen LogP contribution in [-0.2, 0) is 19.6 Å². The van der Waals surface area contributed by atoms with Crippen molar-refractivity contribution in [1.82, 2.24) is 4.98 Å². The molecule has 1 N–H and O–H groups in total. The number of aromatic nitrogens is 1. The second-order valence-corrected chi connectivity index (χ2v) is 8.62. The van der Waals surface area contributed by atoms with Gasteiger partial charge in [0.25, 0.3) is 10.0 Å². The van der Waals surface area contributed by atoms with Gasteiger partial charge < -0.3 is 0 Å². The summed E-state index contributed by atoms with van der Waals surface area (Å²) < 4.78 is 27.3. The third-order valence-electron chi connectivity index (χ3n) is 3.94. The molecule has 1 aromatic carbocycles. The van der Waals surface area contributed by atoms with E-state index < -0.39 is 10.0 Å². The lowest BCUT2D eigenvalue weighted by atomic mass is 10.1. The van der Waals surface area contributed by atoms with E-state index in [4.69, 9.17) is 0 Å². The Hall–Kier alpha value is -2.26. The number of hydrogen-bond acceptors (Lipinski definition) is 6. The minimum absolute atomic E-state index is 0.0404. The molecule has 7 nitrogen and oxygen atoms in total. The SMILES string of the molecule is Cc1nc(NS(=O)(=O)c2ccc(N3C(=O)CCCC3=O)cc2)sc1C. The molecule has 2 heterocycles. The van der Waals surface area contributed by atoms with Gasteiger partial charge in [0, 0.05) is 17.7 Å². The molecule has 9 heteroatoms. The summed E-state index contributed by atoms with van der Waals surface area (Å²) in [7, 11) is -3.78. The first-order chi connectivity index (χ1) is 11.8. The van der Waals surface area contributed by atoms with Crippen LogP contribution < -0.4 is 9.62 Å². The summed E-state index contributed by atoms with van der Waals surface area (Å²) in [5, 5.41) is 0.306. The Labute approximate surface area is 149 Å². The maximum Gasteiger partial charge on any atom is 0.263 e. The number of sulfonamides is 1. The van der Waals surface area contributed by atoms with Crippen molar-refractivity contribution in [3.05, 3.63) is 34.8 Å². The molecule has 3 rings (SSSR count). The van der Waals surface area contributed by atoms with Gasteiger partial charge in [-0.05, 0) is 44.5 Å². The second-order valence-electron chi connectivity index (χ2n) is 5.74. The van der Waals surface area contributed by atoms with Crippen molar-refractivity contribution in [3.63, 3.8) is 0 Å². The summed E-state index contributed by atoms with van der Waals surface area (Å²) >= 11 is 1.26. The fourth-order valence-corrected chi connectivity index (χ4v) is 4.56. The van der Waals surface area contributed by atoms with Gasteiger partial charge in [0.05, 0.1) is 16.3 Å². The maximum atomic E-state index is 12.4. The van der Waals surface area contributed by atoms with Crippen LogP contribution in [-0.4, -0.2) is 25.2 Å². The zero-order valence-electron chi connectivity index (χ0n) is 13.8. The van der Waals surface area contributed by atoms with Gasteiger partial charge in [-0.25, -0.2) is 13.4 Å². The molecule has 132 valence electrons. The number of carbonyl (C=O) groups is 2. The fourth-order valence-electron chi connectivity index (χ4n) is 2.51. The van der Waals surface area contributed by atoms with Crippen molar-refractivity contribution in [2.75, 3.05) is 9.62 Å². The molecule has 25 heavy (non-hydrogen) atoms. The topological polar surface area (TPSA) is 96.4 Å². The third-order valence-corrected chi connectivity index (χ3v) is 6.41. The van der Waals surface area contributed by atoms with E-state index in [-0.39, 0.29) is 16.7 Å². The van der Waals surface area contributed by atoms with E-state index in [1.54, 1.807) is 0 Å². The summed E-state index contributed by atoms with van der Waals surface area (Å²) in [4.78, 5) is 30.1. The number of nitrogens with zero attached hydrogens (tertiary/aromatic N) is 2. The summed E-state index contributed by atoms with van der Waals surface area (Å²) in [6.45, 7) is 3.68. The Kier molecular flexibility index (Phi) is 4.61. The zero-order chi connectivity index (χ0) is 18.2. The molecule has 0 atom stereocenters. The molecule has 1 fully saturated rings. The summed E-state index contributed by atoms with van der Waals surface area (Å²) in [5.74, 6) is -0.530. The van der Waals surface area contributed by atoms with Crippen molar-refractivity contribution < 1.29 is 18.0 Å². The van der Waals surface area contributed by atoms with Crippen LogP contribution in [0.2, 0.25) is 0 Å². The van der Waals surface area contributed by atoms with Crippen LogP contribution in [0, 0.1) is 13.8 Å². The second kappa shape index (κ2) is 6.57. The molecular weight excluding hydrogens is 362 g/mol. The first-order valence-electron chi connectivity index (χ1n) is 7.70. The van der Waals surface area contributed by atoms with Crippen LogP contribution >= 0.6 is 11.3 Å². The quantitative estimate of drug-likeness (QED) is 0.824. The van der Waals surface area contributed by atoms with Gasteiger partial charge in [0.15, 0.2) is 5.13 Å². The number of benzene rings is 1. The van der Waals surface area contributed by atoms with Gasteiger partial charge >= 0.3 is 0 Å². The molecular formula is C16H17N3O4S2. The van der Waals surface area contributed by atoms with E-state index in [9.17, 15) is 18.0 Å². The monoisotopic (exact) mass is 379 g/mol. The van der Waals surface area contributed by atoms with Gasteiger partial charge in [-0.3, -0.25) is 19.2 Å². The van der Waals surface area contributed by atoms with Gasteiger partial charge in [0.1, 0.15) is 0 Å². The fraction of sp³-hybridized carbons (Fsp3) is 0.312. The smallest absolute Gasteiger partial charge is 0.263 e. The predicted molar refractivity (Wildman–Crippen MR) is 95.2 cm³/mol. The number of hydrogen-bond donors (Lipinski definition) is 1. The average molecular weight is 379 g/mol. The van der Waals surface area contributed by atoms with Gasteiger partial charge in [-0.15, -0.1) is 11.3 Å². The van der Waals surface area contributed by atoms with E-state index in [0.29, 0.717) is 30.1 Å². The Morgan fingerprint density at radius 3 is 2.20 bits per heavy atom. The van der Waals surface area contributed by atoms with Gasteiger partial charge in [-0.1, -0.05) is 0 Å². The number of nitrogens with one attached hydrogen (secondary N) is 1.